The van der Waals surface area contributed by atoms with Crippen LogP contribution in [0.2, 0.25) is 0 Å². The van der Waals surface area contributed by atoms with Crippen molar-refractivity contribution in [1.29, 1.82) is 0 Å². The number of rotatable bonds is 5. The van der Waals surface area contributed by atoms with E-state index in [9.17, 15) is 0 Å². The maximum Gasteiger partial charge on any atom is 0.0334 e. The number of hydrogen-bond acceptors (Lipinski definition) is 3. The van der Waals surface area contributed by atoms with Crippen LogP contribution < -0.4 is 5.32 Å². The van der Waals surface area contributed by atoms with Gasteiger partial charge in [0.2, 0.25) is 0 Å². The van der Waals surface area contributed by atoms with E-state index >= 15 is 0 Å². The maximum atomic E-state index is 3.81. The lowest BCUT2D eigenvalue weighted by Crippen LogP contribution is -2.65. The highest BCUT2D eigenvalue weighted by Gasteiger charge is 2.48. The molecule has 1 N–H and O–H groups in total. The molecule has 2 unspecified atom stereocenters. The molecule has 3 rings (SSSR count). The van der Waals surface area contributed by atoms with Gasteiger partial charge in [0.1, 0.15) is 0 Å². The van der Waals surface area contributed by atoms with E-state index in [1.54, 1.807) is 0 Å². The van der Waals surface area contributed by atoms with Crippen molar-refractivity contribution in [3.05, 3.63) is 22.4 Å². The third-order valence-corrected chi connectivity index (χ3v) is 6.27. The summed E-state index contributed by atoms with van der Waals surface area (Å²) in [7, 11) is 0. The minimum atomic E-state index is 0.392. The first-order valence-corrected chi connectivity index (χ1v) is 8.98. The van der Waals surface area contributed by atoms with Crippen LogP contribution in [0.15, 0.2) is 17.5 Å². The lowest BCUT2D eigenvalue weighted by molar-refractivity contribution is 0.0267. The summed E-state index contributed by atoms with van der Waals surface area (Å²) in [6.45, 7) is 10.8. The van der Waals surface area contributed by atoms with Crippen LogP contribution >= 0.6 is 11.3 Å². The van der Waals surface area contributed by atoms with Crippen LogP contribution in [0, 0.1) is 11.8 Å². The predicted octanol–water partition coefficient (Wildman–Crippen LogP) is 3.39. The summed E-state index contributed by atoms with van der Waals surface area (Å²) in [5.74, 6) is 1.65. The third kappa shape index (κ3) is 2.95. The highest BCUT2D eigenvalue weighted by molar-refractivity contribution is 7.09. The Morgan fingerprint density at radius 1 is 1.45 bits per heavy atom. The molecule has 1 aromatic heterocycles. The molecule has 112 valence electrons. The maximum absolute atomic E-state index is 3.81. The van der Waals surface area contributed by atoms with E-state index in [0.717, 1.165) is 11.8 Å². The Labute approximate surface area is 127 Å². The van der Waals surface area contributed by atoms with E-state index in [2.05, 4.69) is 48.5 Å². The van der Waals surface area contributed by atoms with Gasteiger partial charge in [-0.05, 0) is 49.5 Å². The average molecular weight is 292 g/mol. The number of nitrogens with one attached hydrogen (secondary N) is 1. The molecular weight excluding hydrogens is 264 g/mol. The molecule has 2 nitrogen and oxygen atoms in total. The summed E-state index contributed by atoms with van der Waals surface area (Å²) in [4.78, 5) is 4.33. The van der Waals surface area contributed by atoms with Crippen LogP contribution in [0.1, 0.15) is 38.5 Å². The fourth-order valence-electron chi connectivity index (χ4n) is 3.56. The van der Waals surface area contributed by atoms with Crippen molar-refractivity contribution in [2.45, 2.75) is 51.6 Å². The summed E-state index contributed by atoms with van der Waals surface area (Å²) in [5, 5.41) is 6.01. The summed E-state index contributed by atoms with van der Waals surface area (Å²) >= 11 is 1.90. The molecule has 1 aliphatic heterocycles. The van der Waals surface area contributed by atoms with Gasteiger partial charge < -0.3 is 5.32 Å². The first-order chi connectivity index (χ1) is 9.59. The van der Waals surface area contributed by atoms with Gasteiger partial charge in [-0.3, -0.25) is 4.90 Å². The smallest absolute Gasteiger partial charge is 0.0334 e. The predicted molar refractivity (Wildman–Crippen MR) is 87.4 cm³/mol. The Hall–Kier alpha value is -0.380. The molecule has 2 heterocycles. The molecule has 2 aliphatic rings. The lowest BCUT2D eigenvalue weighted by atomic mass is 9.87. The number of piperazine rings is 1. The zero-order valence-electron chi connectivity index (χ0n) is 13.1. The monoisotopic (exact) mass is 292 g/mol. The molecule has 0 bridgehead atoms. The van der Waals surface area contributed by atoms with Gasteiger partial charge in [0, 0.05) is 36.1 Å². The molecule has 0 aromatic carbocycles. The largest absolute Gasteiger partial charge is 0.311 e. The van der Waals surface area contributed by atoms with Crippen LogP contribution in [-0.4, -0.2) is 36.1 Å². The normalized spacial score (nSPS) is 31.9. The van der Waals surface area contributed by atoms with E-state index < -0.39 is 0 Å². The van der Waals surface area contributed by atoms with E-state index in [1.807, 2.05) is 11.3 Å². The zero-order valence-corrected chi connectivity index (χ0v) is 13.9. The molecule has 3 heteroatoms. The molecule has 0 amide bonds. The average Bonchev–Trinajstić information content (AvgIpc) is 3.16. The van der Waals surface area contributed by atoms with Gasteiger partial charge in [-0.25, -0.2) is 0 Å². The highest BCUT2D eigenvalue weighted by atomic mass is 32.1. The van der Waals surface area contributed by atoms with Crippen LogP contribution in [0.5, 0.6) is 0 Å². The fraction of sp³-hybridized carbons (Fsp3) is 0.765. The molecule has 0 spiro atoms. The van der Waals surface area contributed by atoms with Crippen LogP contribution in [0.4, 0.5) is 0 Å². The minimum Gasteiger partial charge on any atom is -0.311 e. The van der Waals surface area contributed by atoms with Crippen molar-refractivity contribution in [3.8, 4) is 0 Å². The number of thiophene rings is 1. The van der Waals surface area contributed by atoms with E-state index in [0.29, 0.717) is 11.6 Å². The SMILES string of the molecule is CC(C)C1CN(CCc2cccs2)C(C)(C2CC2)CN1. The molecule has 1 saturated heterocycles. The highest BCUT2D eigenvalue weighted by Crippen LogP contribution is 2.44. The van der Waals surface area contributed by atoms with Crippen molar-refractivity contribution in [2.24, 2.45) is 11.8 Å². The van der Waals surface area contributed by atoms with Crippen LogP contribution in [0.25, 0.3) is 0 Å². The molecule has 0 radical (unpaired) electrons. The quantitative estimate of drug-likeness (QED) is 0.895. The molecule has 1 saturated carbocycles. The Morgan fingerprint density at radius 2 is 2.25 bits per heavy atom. The van der Waals surface area contributed by atoms with Crippen molar-refractivity contribution in [2.75, 3.05) is 19.6 Å². The second kappa shape index (κ2) is 5.78. The molecule has 20 heavy (non-hydrogen) atoms. The molecule has 1 aliphatic carbocycles. The lowest BCUT2D eigenvalue weighted by Gasteiger charge is -2.49. The zero-order chi connectivity index (χ0) is 14.2. The van der Waals surface area contributed by atoms with Gasteiger partial charge in [0.25, 0.3) is 0 Å². The van der Waals surface area contributed by atoms with Crippen molar-refractivity contribution >= 4 is 11.3 Å². The summed E-state index contributed by atoms with van der Waals surface area (Å²) in [6, 6.07) is 5.11. The first kappa shape index (κ1) is 14.6. The van der Waals surface area contributed by atoms with Gasteiger partial charge in [0.05, 0.1) is 0 Å². The van der Waals surface area contributed by atoms with Gasteiger partial charge >= 0.3 is 0 Å². The topological polar surface area (TPSA) is 15.3 Å². The Morgan fingerprint density at radius 3 is 2.85 bits per heavy atom. The van der Waals surface area contributed by atoms with Crippen molar-refractivity contribution in [3.63, 3.8) is 0 Å². The Kier molecular flexibility index (Phi) is 4.21. The number of nitrogens with zero attached hydrogens (tertiary/aromatic N) is 1. The molecular formula is C17H28N2S. The molecule has 1 aromatic rings. The van der Waals surface area contributed by atoms with Gasteiger partial charge in [-0.1, -0.05) is 19.9 Å². The molecule has 2 atom stereocenters. The van der Waals surface area contributed by atoms with E-state index in [1.165, 1.54) is 43.8 Å². The Bertz CT molecular complexity index is 424. The van der Waals surface area contributed by atoms with E-state index in [-0.39, 0.29) is 0 Å². The number of hydrogen-bond donors (Lipinski definition) is 1. The summed E-state index contributed by atoms with van der Waals surface area (Å²) < 4.78 is 0. The van der Waals surface area contributed by atoms with Gasteiger partial charge in [0.15, 0.2) is 0 Å². The summed E-state index contributed by atoms with van der Waals surface area (Å²) in [5.41, 5.74) is 0.392. The van der Waals surface area contributed by atoms with Crippen LogP contribution in [-0.2, 0) is 6.42 Å². The summed E-state index contributed by atoms with van der Waals surface area (Å²) in [6.07, 6.45) is 4.07. The third-order valence-electron chi connectivity index (χ3n) is 5.33. The minimum absolute atomic E-state index is 0.392. The first-order valence-electron chi connectivity index (χ1n) is 8.10. The Balaban J connectivity index is 1.67. The van der Waals surface area contributed by atoms with Gasteiger partial charge in [-0.15, -0.1) is 11.3 Å². The van der Waals surface area contributed by atoms with Crippen LogP contribution in [0.3, 0.4) is 0 Å². The van der Waals surface area contributed by atoms with Crippen molar-refractivity contribution < 1.29 is 0 Å². The van der Waals surface area contributed by atoms with Crippen molar-refractivity contribution in [1.82, 2.24) is 10.2 Å². The second-order valence-electron chi connectivity index (χ2n) is 7.14. The second-order valence-corrected chi connectivity index (χ2v) is 8.17. The standard InChI is InChI=1S/C17H28N2S/c1-13(2)16-11-19(9-8-15-5-4-10-20-15)17(3,12-18-16)14-6-7-14/h4-5,10,13-14,16,18H,6-9,11-12H2,1-3H3. The fourth-order valence-corrected chi connectivity index (χ4v) is 4.26. The van der Waals surface area contributed by atoms with Gasteiger partial charge in [-0.2, -0.15) is 0 Å². The molecule has 2 fully saturated rings. The van der Waals surface area contributed by atoms with E-state index in [4.69, 9.17) is 0 Å².